The molecule has 0 aromatic heterocycles. The van der Waals surface area contributed by atoms with Gasteiger partial charge in [0.25, 0.3) is 0 Å². The van der Waals surface area contributed by atoms with Gasteiger partial charge < -0.3 is 14.6 Å². The molecule has 1 aromatic rings. The van der Waals surface area contributed by atoms with Gasteiger partial charge in [-0.3, -0.25) is 0 Å². The van der Waals surface area contributed by atoms with Gasteiger partial charge in [0.15, 0.2) is 0 Å². The molecule has 0 heterocycles. The summed E-state index contributed by atoms with van der Waals surface area (Å²) < 4.78 is 11.1. The molecule has 0 amide bonds. The van der Waals surface area contributed by atoms with Gasteiger partial charge >= 0.3 is 0 Å². The fourth-order valence-corrected chi connectivity index (χ4v) is 1.98. The van der Waals surface area contributed by atoms with E-state index in [4.69, 9.17) is 9.47 Å². The van der Waals surface area contributed by atoms with E-state index in [2.05, 4.69) is 0 Å². The summed E-state index contributed by atoms with van der Waals surface area (Å²) >= 11 is 0. The Bertz CT molecular complexity index is 299. The standard InChI is InChI=1S/C13H18O3/c14-12-7-4-8-13(12)16-10-9-15-11-5-2-1-3-6-11/h1-3,5-6,12-14H,4,7-10H2. The molecule has 1 aliphatic carbocycles. The number of aliphatic hydroxyl groups is 1. The monoisotopic (exact) mass is 222 g/mol. The van der Waals surface area contributed by atoms with Crippen LogP contribution in [0.3, 0.4) is 0 Å². The molecule has 0 radical (unpaired) electrons. The fourth-order valence-electron chi connectivity index (χ4n) is 1.98. The molecular formula is C13H18O3. The Kier molecular flexibility index (Phi) is 4.19. The Balaban J connectivity index is 1.62. The van der Waals surface area contributed by atoms with Gasteiger partial charge in [-0.05, 0) is 31.4 Å². The zero-order valence-electron chi connectivity index (χ0n) is 9.34. The molecule has 2 atom stereocenters. The first-order chi connectivity index (χ1) is 7.86. The molecule has 3 nitrogen and oxygen atoms in total. The van der Waals surface area contributed by atoms with E-state index < -0.39 is 0 Å². The number of hydrogen-bond acceptors (Lipinski definition) is 3. The minimum absolute atomic E-state index is 0.0133. The molecule has 1 saturated carbocycles. The van der Waals surface area contributed by atoms with E-state index in [1.165, 1.54) is 0 Å². The largest absolute Gasteiger partial charge is 0.491 e. The first-order valence-electron chi connectivity index (χ1n) is 5.84. The van der Waals surface area contributed by atoms with Crippen LogP contribution < -0.4 is 4.74 Å². The zero-order chi connectivity index (χ0) is 11.2. The summed E-state index contributed by atoms with van der Waals surface area (Å²) in [6, 6.07) is 9.68. The lowest BCUT2D eigenvalue weighted by Gasteiger charge is -2.15. The van der Waals surface area contributed by atoms with Crippen LogP contribution in [0.2, 0.25) is 0 Å². The maximum Gasteiger partial charge on any atom is 0.119 e. The third-order valence-electron chi connectivity index (χ3n) is 2.84. The first kappa shape index (κ1) is 11.4. The van der Waals surface area contributed by atoms with E-state index in [0.717, 1.165) is 25.0 Å². The summed E-state index contributed by atoms with van der Waals surface area (Å²) in [4.78, 5) is 0. The number of hydrogen-bond donors (Lipinski definition) is 1. The smallest absolute Gasteiger partial charge is 0.119 e. The Morgan fingerprint density at radius 3 is 2.62 bits per heavy atom. The lowest BCUT2D eigenvalue weighted by Crippen LogP contribution is -2.24. The van der Waals surface area contributed by atoms with Crippen molar-refractivity contribution in [3.8, 4) is 5.75 Å². The Morgan fingerprint density at radius 1 is 1.12 bits per heavy atom. The molecule has 88 valence electrons. The molecule has 1 aromatic carbocycles. The van der Waals surface area contributed by atoms with Crippen molar-refractivity contribution in [2.24, 2.45) is 0 Å². The van der Waals surface area contributed by atoms with Crippen LogP contribution in [0.5, 0.6) is 5.75 Å². The highest BCUT2D eigenvalue weighted by Gasteiger charge is 2.25. The number of rotatable bonds is 5. The van der Waals surface area contributed by atoms with Gasteiger partial charge in [-0.1, -0.05) is 18.2 Å². The molecule has 1 fully saturated rings. The van der Waals surface area contributed by atoms with Crippen molar-refractivity contribution in [1.29, 1.82) is 0 Å². The third kappa shape index (κ3) is 3.22. The van der Waals surface area contributed by atoms with Crippen LogP contribution in [0, 0.1) is 0 Å². The molecule has 0 spiro atoms. The number of aliphatic hydroxyl groups excluding tert-OH is 1. The molecule has 2 unspecified atom stereocenters. The Hall–Kier alpha value is -1.06. The van der Waals surface area contributed by atoms with Crippen molar-refractivity contribution < 1.29 is 14.6 Å². The molecule has 0 bridgehead atoms. The van der Waals surface area contributed by atoms with Crippen LogP contribution in [0.1, 0.15) is 19.3 Å². The van der Waals surface area contributed by atoms with Crippen molar-refractivity contribution in [3.05, 3.63) is 30.3 Å². The SMILES string of the molecule is OC1CCCC1OCCOc1ccccc1. The van der Waals surface area contributed by atoms with Gasteiger partial charge in [0.05, 0.1) is 18.8 Å². The number of benzene rings is 1. The van der Waals surface area contributed by atoms with Gasteiger partial charge in [0.1, 0.15) is 12.4 Å². The van der Waals surface area contributed by atoms with Gasteiger partial charge in [-0.25, -0.2) is 0 Å². The van der Waals surface area contributed by atoms with E-state index in [-0.39, 0.29) is 12.2 Å². The van der Waals surface area contributed by atoms with Crippen molar-refractivity contribution >= 4 is 0 Å². The van der Waals surface area contributed by atoms with Crippen LogP contribution >= 0.6 is 0 Å². The normalized spacial score (nSPS) is 24.6. The van der Waals surface area contributed by atoms with Gasteiger partial charge in [0, 0.05) is 0 Å². The van der Waals surface area contributed by atoms with Crippen LogP contribution in [0.4, 0.5) is 0 Å². The summed E-state index contributed by atoms with van der Waals surface area (Å²) in [6.07, 6.45) is 2.62. The van der Waals surface area contributed by atoms with E-state index in [9.17, 15) is 5.11 Å². The highest BCUT2D eigenvalue weighted by atomic mass is 16.5. The molecule has 0 aliphatic heterocycles. The van der Waals surface area contributed by atoms with E-state index >= 15 is 0 Å². The molecule has 1 N–H and O–H groups in total. The van der Waals surface area contributed by atoms with Crippen molar-refractivity contribution in [1.82, 2.24) is 0 Å². The maximum atomic E-state index is 9.54. The van der Waals surface area contributed by atoms with E-state index in [1.807, 2.05) is 30.3 Å². The molecule has 2 rings (SSSR count). The van der Waals surface area contributed by atoms with Crippen molar-refractivity contribution in [3.63, 3.8) is 0 Å². The second-order valence-electron chi connectivity index (χ2n) is 4.07. The zero-order valence-corrected chi connectivity index (χ0v) is 9.34. The van der Waals surface area contributed by atoms with E-state index in [1.54, 1.807) is 0 Å². The highest BCUT2D eigenvalue weighted by Crippen LogP contribution is 2.21. The van der Waals surface area contributed by atoms with Crippen molar-refractivity contribution in [2.45, 2.75) is 31.5 Å². The van der Waals surface area contributed by atoms with Gasteiger partial charge in [-0.2, -0.15) is 0 Å². The van der Waals surface area contributed by atoms with Crippen LogP contribution in [0.25, 0.3) is 0 Å². The number of ether oxygens (including phenoxy) is 2. The Morgan fingerprint density at radius 2 is 1.94 bits per heavy atom. The maximum absolute atomic E-state index is 9.54. The van der Waals surface area contributed by atoms with E-state index in [0.29, 0.717) is 13.2 Å². The molecule has 0 saturated heterocycles. The summed E-state index contributed by atoms with van der Waals surface area (Å²) in [5.41, 5.74) is 0. The highest BCUT2D eigenvalue weighted by molar-refractivity contribution is 5.20. The third-order valence-corrected chi connectivity index (χ3v) is 2.84. The second-order valence-corrected chi connectivity index (χ2v) is 4.07. The average Bonchev–Trinajstić information content (AvgIpc) is 2.72. The summed E-state index contributed by atoms with van der Waals surface area (Å²) in [7, 11) is 0. The second kappa shape index (κ2) is 5.87. The predicted molar refractivity (Wildman–Crippen MR) is 61.5 cm³/mol. The lowest BCUT2D eigenvalue weighted by molar-refractivity contribution is -0.0275. The quantitative estimate of drug-likeness (QED) is 0.774. The molecule has 3 heteroatoms. The molecule has 16 heavy (non-hydrogen) atoms. The molecular weight excluding hydrogens is 204 g/mol. The van der Waals surface area contributed by atoms with Crippen LogP contribution in [-0.4, -0.2) is 30.5 Å². The minimum atomic E-state index is -0.281. The fraction of sp³-hybridized carbons (Fsp3) is 0.538. The van der Waals surface area contributed by atoms with Crippen LogP contribution in [-0.2, 0) is 4.74 Å². The van der Waals surface area contributed by atoms with Gasteiger partial charge in [-0.15, -0.1) is 0 Å². The lowest BCUT2D eigenvalue weighted by atomic mass is 10.3. The summed E-state index contributed by atoms with van der Waals surface area (Å²) in [5, 5.41) is 9.54. The Labute approximate surface area is 96.0 Å². The summed E-state index contributed by atoms with van der Waals surface area (Å²) in [6.45, 7) is 1.07. The first-order valence-corrected chi connectivity index (χ1v) is 5.84. The predicted octanol–water partition coefficient (Wildman–Crippen LogP) is 2.00. The number of para-hydroxylation sites is 1. The average molecular weight is 222 g/mol. The van der Waals surface area contributed by atoms with Gasteiger partial charge in [0.2, 0.25) is 0 Å². The summed E-state index contributed by atoms with van der Waals surface area (Å²) in [5.74, 6) is 0.859. The van der Waals surface area contributed by atoms with Crippen LogP contribution in [0.15, 0.2) is 30.3 Å². The topological polar surface area (TPSA) is 38.7 Å². The minimum Gasteiger partial charge on any atom is -0.491 e. The van der Waals surface area contributed by atoms with Crippen molar-refractivity contribution in [2.75, 3.05) is 13.2 Å². The molecule has 1 aliphatic rings.